The Balaban J connectivity index is 1.51. The molecule has 0 radical (unpaired) electrons. The Morgan fingerprint density at radius 2 is 1.77 bits per heavy atom. The van der Waals surface area contributed by atoms with Crippen LogP contribution in [-0.2, 0) is 22.4 Å². The molecule has 0 fully saturated rings. The summed E-state index contributed by atoms with van der Waals surface area (Å²) in [4.78, 5) is 50.6. The van der Waals surface area contributed by atoms with Crippen molar-refractivity contribution in [2.45, 2.75) is 38.1 Å². The highest BCUT2D eigenvalue weighted by Gasteiger charge is 2.21. The van der Waals surface area contributed by atoms with Gasteiger partial charge in [0.2, 0.25) is 5.95 Å². The average molecular weight is 477 g/mol. The first-order valence-electron chi connectivity index (χ1n) is 10.6. The molecule has 0 saturated heterocycles. The van der Waals surface area contributed by atoms with Crippen LogP contribution < -0.4 is 16.8 Å². The van der Waals surface area contributed by atoms with E-state index < -0.39 is 23.9 Å². The molecule has 0 aliphatic carbocycles. The summed E-state index contributed by atoms with van der Waals surface area (Å²) < 4.78 is 0. The minimum absolute atomic E-state index is 0.0331. The molecule has 7 N–H and O–H groups in total. The molecule has 1 aromatic carbocycles. The van der Waals surface area contributed by atoms with Crippen molar-refractivity contribution in [3.8, 4) is 11.8 Å². The van der Waals surface area contributed by atoms with E-state index in [1.54, 1.807) is 30.5 Å². The Hall–Kier alpha value is -4.79. The molecular formula is C23H23N7O5. The number of nitrogens with two attached hydrogens (primary N) is 2. The van der Waals surface area contributed by atoms with Gasteiger partial charge in [0, 0.05) is 18.4 Å². The van der Waals surface area contributed by atoms with E-state index in [1.807, 2.05) is 0 Å². The maximum absolute atomic E-state index is 12.3. The van der Waals surface area contributed by atoms with Crippen LogP contribution in [0.4, 0.5) is 11.8 Å². The fourth-order valence-electron chi connectivity index (χ4n) is 3.11. The molecule has 0 aliphatic rings. The largest absolute Gasteiger partial charge is 0.481 e. The van der Waals surface area contributed by atoms with E-state index in [1.165, 1.54) is 0 Å². The molecular weight excluding hydrogens is 454 g/mol. The number of rotatable bonds is 9. The number of nitrogens with one attached hydrogen (secondary N) is 1. The fraction of sp³-hybridized carbons (Fsp3) is 0.261. The highest BCUT2D eigenvalue weighted by molar-refractivity contribution is 5.96. The Bertz CT molecular complexity index is 1320. The summed E-state index contributed by atoms with van der Waals surface area (Å²) >= 11 is 0. The normalized spacial score (nSPS) is 11.3. The third-order valence-corrected chi connectivity index (χ3v) is 4.90. The van der Waals surface area contributed by atoms with Gasteiger partial charge < -0.3 is 27.0 Å². The molecule has 1 amide bonds. The van der Waals surface area contributed by atoms with Gasteiger partial charge in [0.25, 0.3) is 5.91 Å². The van der Waals surface area contributed by atoms with Crippen molar-refractivity contribution in [1.82, 2.24) is 25.3 Å². The van der Waals surface area contributed by atoms with Crippen LogP contribution in [0.3, 0.4) is 0 Å². The van der Waals surface area contributed by atoms with E-state index in [9.17, 15) is 14.4 Å². The molecule has 12 heteroatoms. The van der Waals surface area contributed by atoms with E-state index >= 15 is 0 Å². The number of fused-ring (bicyclic) bond motifs is 1. The van der Waals surface area contributed by atoms with E-state index in [0.29, 0.717) is 36.1 Å². The summed E-state index contributed by atoms with van der Waals surface area (Å²) in [5, 5.41) is 20.2. The molecule has 12 nitrogen and oxygen atoms in total. The number of aliphatic carboxylic acids is 2. The van der Waals surface area contributed by atoms with Crippen molar-refractivity contribution < 1.29 is 24.6 Å². The van der Waals surface area contributed by atoms with Crippen molar-refractivity contribution in [1.29, 1.82) is 0 Å². The number of anilines is 2. The van der Waals surface area contributed by atoms with Crippen LogP contribution in [0.1, 0.15) is 40.9 Å². The van der Waals surface area contributed by atoms with Crippen molar-refractivity contribution in [2.24, 2.45) is 0 Å². The monoisotopic (exact) mass is 477 g/mol. The lowest BCUT2D eigenvalue weighted by atomic mass is 10.1. The number of hydrogen-bond donors (Lipinski definition) is 5. The smallest absolute Gasteiger partial charge is 0.326 e. The topological polar surface area (TPSA) is 207 Å². The number of nitrogen functional groups attached to an aromatic ring is 2. The van der Waals surface area contributed by atoms with Crippen LogP contribution in [0.2, 0.25) is 0 Å². The summed E-state index contributed by atoms with van der Waals surface area (Å²) in [6.45, 7) is 0. The van der Waals surface area contributed by atoms with Crippen molar-refractivity contribution in [2.75, 3.05) is 11.5 Å². The van der Waals surface area contributed by atoms with Gasteiger partial charge >= 0.3 is 11.9 Å². The molecule has 0 unspecified atom stereocenters. The molecule has 3 aromatic rings. The number of carboxylic acids is 2. The van der Waals surface area contributed by atoms with Gasteiger partial charge in [0.1, 0.15) is 6.04 Å². The summed E-state index contributed by atoms with van der Waals surface area (Å²) in [5.41, 5.74) is 13.9. The van der Waals surface area contributed by atoms with E-state index in [-0.39, 0.29) is 30.2 Å². The molecule has 1 atom stereocenters. The lowest BCUT2D eigenvalue weighted by Crippen LogP contribution is -2.41. The predicted octanol–water partition coefficient (Wildman–Crippen LogP) is 0.811. The minimum Gasteiger partial charge on any atom is -0.481 e. The number of nitrogens with zero attached hydrogens (tertiary/aromatic N) is 4. The quantitative estimate of drug-likeness (QED) is 0.272. The lowest BCUT2D eigenvalue weighted by molar-refractivity contribution is -0.140. The first-order chi connectivity index (χ1) is 16.7. The number of carbonyl (C=O) groups excluding carboxylic acids is 1. The van der Waals surface area contributed by atoms with Crippen LogP contribution in [0, 0.1) is 11.8 Å². The molecule has 0 spiro atoms. The van der Waals surface area contributed by atoms with Crippen molar-refractivity contribution in [3.63, 3.8) is 0 Å². The highest BCUT2D eigenvalue weighted by atomic mass is 16.4. The molecule has 35 heavy (non-hydrogen) atoms. The van der Waals surface area contributed by atoms with Gasteiger partial charge in [0.15, 0.2) is 17.0 Å². The predicted molar refractivity (Wildman–Crippen MR) is 126 cm³/mol. The number of amides is 1. The van der Waals surface area contributed by atoms with Crippen molar-refractivity contribution in [3.05, 3.63) is 47.3 Å². The average Bonchev–Trinajstić information content (AvgIpc) is 2.81. The third-order valence-electron chi connectivity index (χ3n) is 4.90. The molecule has 2 heterocycles. The van der Waals surface area contributed by atoms with Crippen LogP contribution in [-0.4, -0.2) is 54.0 Å². The second-order valence-electron chi connectivity index (χ2n) is 7.52. The Labute approximate surface area is 199 Å². The zero-order valence-corrected chi connectivity index (χ0v) is 18.6. The number of carbonyl (C=O) groups is 3. The van der Waals surface area contributed by atoms with E-state index in [4.69, 9.17) is 21.7 Å². The first-order valence-corrected chi connectivity index (χ1v) is 10.6. The van der Waals surface area contributed by atoms with Crippen LogP contribution in [0.15, 0.2) is 30.5 Å². The Morgan fingerprint density at radius 3 is 2.46 bits per heavy atom. The summed E-state index contributed by atoms with van der Waals surface area (Å²) in [6.07, 6.45) is 2.59. The van der Waals surface area contributed by atoms with Crippen LogP contribution in [0.25, 0.3) is 11.2 Å². The summed E-state index contributed by atoms with van der Waals surface area (Å²) in [5.74, 6) is 3.28. The molecule has 3 rings (SSSR count). The van der Waals surface area contributed by atoms with Gasteiger partial charge in [-0.1, -0.05) is 18.1 Å². The van der Waals surface area contributed by atoms with E-state index in [0.717, 1.165) is 5.56 Å². The number of carboxylic acid groups (broad SMARTS) is 2. The number of hydrogen-bond acceptors (Lipinski definition) is 9. The molecule has 0 aliphatic heterocycles. The van der Waals surface area contributed by atoms with Gasteiger partial charge in [0.05, 0.1) is 18.3 Å². The second-order valence-corrected chi connectivity index (χ2v) is 7.52. The maximum Gasteiger partial charge on any atom is 0.326 e. The second kappa shape index (κ2) is 11.4. The number of aryl methyl sites for hydroxylation is 1. The zero-order chi connectivity index (χ0) is 25.4. The van der Waals surface area contributed by atoms with Crippen LogP contribution in [0.5, 0.6) is 0 Å². The fourth-order valence-corrected chi connectivity index (χ4v) is 3.11. The van der Waals surface area contributed by atoms with Gasteiger partial charge in [-0.2, -0.15) is 9.97 Å². The van der Waals surface area contributed by atoms with Gasteiger partial charge in [-0.25, -0.2) is 14.8 Å². The minimum atomic E-state index is -1.29. The Morgan fingerprint density at radius 1 is 1.03 bits per heavy atom. The maximum atomic E-state index is 12.3. The molecule has 2 aromatic heterocycles. The van der Waals surface area contributed by atoms with Gasteiger partial charge in [-0.3, -0.25) is 9.59 Å². The lowest BCUT2D eigenvalue weighted by Gasteiger charge is -2.13. The van der Waals surface area contributed by atoms with E-state index in [2.05, 4.69) is 37.1 Å². The number of benzene rings is 1. The van der Waals surface area contributed by atoms with Gasteiger partial charge in [-0.05, 0) is 30.5 Å². The van der Waals surface area contributed by atoms with Crippen molar-refractivity contribution >= 4 is 40.8 Å². The molecule has 0 bridgehead atoms. The highest BCUT2D eigenvalue weighted by Crippen LogP contribution is 2.14. The van der Waals surface area contributed by atoms with Gasteiger partial charge in [-0.15, -0.1) is 5.92 Å². The standard InChI is InChI=1S/C23H23N7O5/c24-19-18-20(30-23(25)29-19)26-12-15(27-18)5-3-1-2-4-13-6-8-14(9-7-13)21(33)28-16(22(34)35)10-11-17(31)32/h6-9,12,16H,2,4-5,10-11H2,(H,28,33)(H,31,32)(H,34,35)(H4,24,25,26,29,30)/t16-/m0/s1. The van der Waals surface area contributed by atoms with Crippen LogP contribution >= 0.6 is 0 Å². The SMILES string of the molecule is Nc1nc(N)c2nc(CC#CCCc3ccc(C(=O)N[C@@H](CCC(=O)O)C(=O)O)cc3)cnc2n1. The Kier molecular flexibility index (Phi) is 8.07. The zero-order valence-electron chi connectivity index (χ0n) is 18.6. The third kappa shape index (κ3) is 7.10. The summed E-state index contributed by atoms with van der Waals surface area (Å²) in [7, 11) is 0. The summed E-state index contributed by atoms with van der Waals surface area (Å²) in [6, 6.07) is 5.40. The number of aromatic nitrogens is 4. The first kappa shape index (κ1) is 24.8. The molecule has 0 saturated carbocycles. The molecule has 180 valence electrons.